The number of hydrogen-bond acceptors (Lipinski definition) is 5. The predicted molar refractivity (Wildman–Crippen MR) is 74.1 cm³/mol. The summed E-state index contributed by atoms with van der Waals surface area (Å²) in [5.41, 5.74) is 1.41. The molecule has 1 aliphatic heterocycles. The molecule has 0 bridgehead atoms. The number of amides is 1. The van der Waals surface area contributed by atoms with E-state index in [2.05, 4.69) is 20.6 Å². The number of carbonyl (C=O) groups is 1. The van der Waals surface area contributed by atoms with E-state index in [-0.39, 0.29) is 5.91 Å². The third-order valence-electron chi connectivity index (χ3n) is 3.18. The molecule has 1 fully saturated rings. The normalized spacial score (nSPS) is 15.7. The molecule has 2 aromatic rings. The summed E-state index contributed by atoms with van der Waals surface area (Å²) in [5, 5.41) is 11.6. The maximum Gasteiger partial charge on any atom is 0.242 e. The van der Waals surface area contributed by atoms with Crippen LogP contribution in [0.15, 0.2) is 18.3 Å². The molecule has 0 radical (unpaired) electrons. The quantitative estimate of drug-likeness (QED) is 0.819. The van der Waals surface area contributed by atoms with Gasteiger partial charge in [-0.15, -0.1) is 5.10 Å². The number of aromatic nitrogens is 4. The number of carbonyl (C=O) groups excluding carboxylic acids is 1. The first-order chi connectivity index (χ1) is 9.68. The van der Waals surface area contributed by atoms with Gasteiger partial charge >= 0.3 is 0 Å². The van der Waals surface area contributed by atoms with Gasteiger partial charge in [-0.2, -0.15) is 0 Å². The third kappa shape index (κ3) is 2.14. The lowest BCUT2D eigenvalue weighted by atomic mass is 10.3. The molecule has 0 atom stereocenters. The van der Waals surface area contributed by atoms with Gasteiger partial charge < -0.3 is 5.32 Å². The van der Waals surface area contributed by atoms with E-state index in [4.69, 9.17) is 11.6 Å². The van der Waals surface area contributed by atoms with Crippen LogP contribution in [0.5, 0.6) is 0 Å². The third-order valence-corrected chi connectivity index (χ3v) is 3.47. The van der Waals surface area contributed by atoms with Crippen LogP contribution < -0.4 is 10.2 Å². The van der Waals surface area contributed by atoms with E-state index in [9.17, 15) is 4.79 Å². The van der Waals surface area contributed by atoms with E-state index in [1.54, 1.807) is 27.9 Å². The number of nitrogens with zero attached hydrogens (tertiary/aromatic N) is 5. The summed E-state index contributed by atoms with van der Waals surface area (Å²) < 4.78 is 1.60. The standard InChI is InChI=1S/C12H13ClN6O/c1-8-12(18-6-5-14-7-10(18)20)16-17-19(8)9-3-2-4-15-11(9)13/h2-4,14H,5-7H2,1H3. The van der Waals surface area contributed by atoms with Crippen LogP contribution in [0.1, 0.15) is 5.69 Å². The van der Waals surface area contributed by atoms with Gasteiger partial charge in [0, 0.05) is 19.3 Å². The van der Waals surface area contributed by atoms with Gasteiger partial charge in [0.05, 0.1) is 12.2 Å². The van der Waals surface area contributed by atoms with Crippen LogP contribution in [0, 0.1) is 6.92 Å². The van der Waals surface area contributed by atoms with Gasteiger partial charge in [-0.25, -0.2) is 9.67 Å². The van der Waals surface area contributed by atoms with Gasteiger partial charge in [-0.3, -0.25) is 9.69 Å². The second kappa shape index (κ2) is 5.18. The van der Waals surface area contributed by atoms with E-state index >= 15 is 0 Å². The Kier molecular flexibility index (Phi) is 3.37. The number of piperazine rings is 1. The summed E-state index contributed by atoms with van der Waals surface area (Å²) in [5.74, 6) is 0.556. The zero-order valence-electron chi connectivity index (χ0n) is 10.9. The maximum absolute atomic E-state index is 11.9. The van der Waals surface area contributed by atoms with Crippen LogP contribution >= 0.6 is 11.6 Å². The van der Waals surface area contributed by atoms with E-state index in [1.165, 1.54) is 0 Å². The minimum absolute atomic E-state index is 0.0105. The fraction of sp³-hybridized carbons (Fsp3) is 0.333. The molecule has 1 N–H and O–H groups in total. The fourth-order valence-electron chi connectivity index (χ4n) is 2.17. The zero-order valence-corrected chi connectivity index (χ0v) is 11.6. The molecule has 1 saturated heterocycles. The molecule has 3 heterocycles. The van der Waals surface area contributed by atoms with Crippen LogP contribution in [-0.4, -0.2) is 45.5 Å². The molecule has 7 nitrogen and oxygen atoms in total. The average molecular weight is 293 g/mol. The molecule has 1 aliphatic rings. The Morgan fingerprint density at radius 1 is 1.45 bits per heavy atom. The van der Waals surface area contributed by atoms with E-state index in [1.807, 2.05) is 6.92 Å². The molecular weight excluding hydrogens is 280 g/mol. The predicted octanol–water partition coefficient (Wildman–Crippen LogP) is 0.560. The van der Waals surface area contributed by atoms with Crippen molar-refractivity contribution in [1.82, 2.24) is 25.3 Å². The van der Waals surface area contributed by atoms with Crippen molar-refractivity contribution >= 4 is 23.3 Å². The van der Waals surface area contributed by atoms with Gasteiger partial charge in [0.15, 0.2) is 11.0 Å². The Morgan fingerprint density at radius 2 is 2.30 bits per heavy atom. The Hall–Kier alpha value is -1.99. The van der Waals surface area contributed by atoms with Gasteiger partial charge in [0.25, 0.3) is 0 Å². The molecule has 20 heavy (non-hydrogen) atoms. The van der Waals surface area contributed by atoms with Gasteiger partial charge in [-0.1, -0.05) is 16.8 Å². The summed E-state index contributed by atoms with van der Waals surface area (Å²) >= 11 is 6.06. The van der Waals surface area contributed by atoms with Crippen molar-refractivity contribution in [3.05, 3.63) is 29.2 Å². The van der Waals surface area contributed by atoms with Crippen molar-refractivity contribution in [2.75, 3.05) is 24.5 Å². The number of rotatable bonds is 2. The van der Waals surface area contributed by atoms with Crippen LogP contribution in [0.3, 0.4) is 0 Å². The molecule has 0 aromatic carbocycles. The van der Waals surface area contributed by atoms with Crippen molar-refractivity contribution in [2.45, 2.75) is 6.92 Å². The topological polar surface area (TPSA) is 75.9 Å². The summed E-state index contributed by atoms with van der Waals surface area (Å²) in [7, 11) is 0. The first-order valence-corrected chi connectivity index (χ1v) is 6.60. The molecule has 2 aromatic heterocycles. The molecule has 1 amide bonds. The molecule has 8 heteroatoms. The molecule has 104 valence electrons. The molecule has 3 rings (SSSR count). The van der Waals surface area contributed by atoms with E-state index in [0.29, 0.717) is 29.7 Å². The molecule has 0 unspecified atom stereocenters. The zero-order chi connectivity index (χ0) is 14.1. The summed E-state index contributed by atoms with van der Waals surface area (Å²) in [4.78, 5) is 17.6. The average Bonchev–Trinajstić information content (AvgIpc) is 2.82. The number of pyridine rings is 1. The van der Waals surface area contributed by atoms with Crippen molar-refractivity contribution in [1.29, 1.82) is 0 Å². The van der Waals surface area contributed by atoms with Crippen molar-refractivity contribution < 1.29 is 4.79 Å². The fourth-order valence-corrected chi connectivity index (χ4v) is 2.36. The second-order valence-electron chi connectivity index (χ2n) is 4.45. The lowest BCUT2D eigenvalue weighted by Crippen LogP contribution is -2.48. The van der Waals surface area contributed by atoms with Crippen LogP contribution in [0.25, 0.3) is 5.69 Å². The minimum atomic E-state index is -0.0105. The lowest BCUT2D eigenvalue weighted by Gasteiger charge is -2.25. The van der Waals surface area contributed by atoms with Crippen LogP contribution in [0.2, 0.25) is 5.15 Å². The first-order valence-electron chi connectivity index (χ1n) is 6.23. The van der Waals surface area contributed by atoms with Crippen LogP contribution in [0.4, 0.5) is 5.82 Å². The Labute approximate surface area is 120 Å². The number of nitrogens with one attached hydrogen (secondary N) is 1. The Balaban J connectivity index is 2.01. The second-order valence-corrected chi connectivity index (χ2v) is 4.80. The maximum atomic E-state index is 11.9. The molecular formula is C12H13ClN6O. The van der Waals surface area contributed by atoms with Crippen LogP contribution in [-0.2, 0) is 4.79 Å². The SMILES string of the molecule is Cc1c(N2CCNCC2=O)nnn1-c1cccnc1Cl. The summed E-state index contributed by atoms with van der Waals surface area (Å²) in [6, 6.07) is 3.58. The molecule has 0 aliphatic carbocycles. The van der Waals surface area contributed by atoms with Gasteiger partial charge in [0.1, 0.15) is 5.69 Å². The highest BCUT2D eigenvalue weighted by molar-refractivity contribution is 6.31. The smallest absolute Gasteiger partial charge is 0.242 e. The highest BCUT2D eigenvalue weighted by Crippen LogP contribution is 2.23. The van der Waals surface area contributed by atoms with Crippen molar-refractivity contribution in [2.24, 2.45) is 0 Å². The number of anilines is 1. The number of halogens is 1. The van der Waals surface area contributed by atoms with Crippen molar-refractivity contribution in [3.8, 4) is 5.69 Å². The Bertz CT molecular complexity index is 655. The van der Waals surface area contributed by atoms with Gasteiger partial charge in [0.2, 0.25) is 5.91 Å². The van der Waals surface area contributed by atoms with Gasteiger partial charge in [-0.05, 0) is 19.1 Å². The minimum Gasteiger partial charge on any atom is -0.307 e. The highest BCUT2D eigenvalue weighted by atomic mass is 35.5. The summed E-state index contributed by atoms with van der Waals surface area (Å²) in [6.07, 6.45) is 1.61. The highest BCUT2D eigenvalue weighted by Gasteiger charge is 2.25. The first kappa shape index (κ1) is 13.0. The largest absolute Gasteiger partial charge is 0.307 e. The molecule has 0 saturated carbocycles. The van der Waals surface area contributed by atoms with E-state index in [0.717, 1.165) is 12.2 Å². The lowest BCUT2D eigenvalue weighted by molar-refractivity contribution is -0.118. The monoisotopic (exact) mass is 292 g/mol. The van der Waals surface area contributed by atoms with E-state index < -0.39 is 0 Å². The molecule has 0 spiro atoms. The number of hydrogen-bond donors (Lipinski definition) is 1. The van der Waals surface area contributed by atoms with Crippen molar-refractivity contribution in [3.63, 3.8) is 0 Å². The summed E-state index contributed by atoms with van der Waals surface area (Å²) in [6.45, 7) is 3.50. The Morgan fingerprint density at radius 3 is 3.05 bits per heavy atom.